The molecule has 5 nitrogen and oxygen atoms in total. The molecule has 1 saturated heterocycles. The lowest BCUT2D eigenvalue weighted by Gasteiger charge is -2.36. The van der Waals surface area contributed by atoms with Gasteiger partial charge in [-0.25, -0.2) is 4.79 Å². The van der Waals surface area contributed by atoms with Crippen LogP contribution in [0.1, 0.15) is 46.0 Å². The molecule has 1 aliphatic rings. The number of urea groups is 1. The van der Waals surface area contributed by atoms with Crippen LogP contribution < -0.4 is 0 Å². The van der Waals surface area contributed by atoms with Crippen molar-refractivity contribution < 1.29 is 14.7 Å². The smallest absolute Gasteiger partial charge is 0.320 e. The van der Waals surface area contributed by atoms with E-state index in [1.54, 1.807) is 0 Å². The molecule has 0 aromatic carbocycles. The Kier molecular flexibility index (Phi) is 6.67. The molecular weight excluding hydrogens is 244 g/mol. The van der Waals surface area contributed by atoms with Crippen LogP contribution in [-0.2, 0) is 4.79 Å². The van der Waals surface area contributed by atoms with Gasteiger partial charge in [0.2, 0.25) is 0 Å². The normalized spacial score (nSPS) is 19.3. The summed E-state index contributed by atoms with van der Waals surface area (Å²) in [6, 6.07) is 0.0822. The van der Waals surface area contributed by atoms with E-state index in [4.69, 9.17) is 5.11 Å². The molecular formula is C14H26N2O3. The molecule has 0 saturated carbocycles. The number of carboxylic acid groups (broad SMARTS) is 1. The first-order valence-electron chi connectivity index (χ1n) is 7.34. The van der Waals surface area contributed by atoms with Crippen molar-refractivity contribution >= 4 is 12.0 Å². The Balaban J connectivity index is 2.56. The first-order chi connectivity index (χ1) is 9.08. The second-order valence-corrected chi connectivity index (χ2v) is 5.32. The summed E-state index contributed by atoms with van der Waals surface area (Å²) in [5.74, 6) is -0.654. The quantitative estimate of drug-likeness (QED) is 0.806. The summed E-state index contributed by atoms with van der Waals surface area (Å²) < 4.78 is 0. The number of nitrogens with zero attached hydrogens (tertiary/aromatic N) is 2. The van der Waals surface area contributed by atoms with Crippen molar-refractivity contribution in [1.29, 1.82) is 0 Å². The van der Waals surface area contributed by atoms with Crippen LogP contribution in [-0.4, -0.2) is 53.1 Å². The minimum absolute atomic E-state index is 0.0822. The molecule has 0 bridgehead atoms. The molecule has 2 amide bonds. The van der Waals surface area contributed by atoms with E-state index in [1.165, 1.54) is 0 Å². The third kappa shape index (κ3) is 5.09. The number of amides is 2. The van der Waals surface area contributed by atoms with Crippen LogP contribution in [0.15, 0.2) is 0 Å². The number of piperidine rings is 1. The second-order valence-electron chi connectivity index (χ2n) is 5.32. The Bertz CT molecular complexity index is 301. The minimum atomic E-state index is -0.765. The van der Waals surface area contributed by atoms with Crippen LogP contribution >= 0.6 is 0 Å². The van der Waals surface area contributed by atoms with Gasteiger partial charge < -0.3 is 14.9 Å². The average molecular weight is 270 g/mol. The SMILES string of the molecule is CCCN(CCC)C(=O)N1CCCC(CC(=O)O)C1. The van der Waals surface area contributed by atoms with Crippen molar-refractivity contribution in [3.63, 3.8) is 0 Å². The molecule has 1 heterocycles. The third-order valence-corrected chi connectivity index (χ3v) is 3.51. The van der Waals surface area contributed by atoms with E-state index in [2.05, 4.69) is 13.8 Å². The fourth-order valence-corrected chi connectivity index (χ4v) is 2.70. The maximum absolute atomic E-state index is 12.4. The average Bonchev–Trinajstić information content (AvgIpc) is 2.37. The zero-order chi connectivity index (χ0) is 14.3. The Hall–Kier alpha value is -1.26. The second kappa shape index (κ2) is 8.02. The number of carbonyl (C=O) groups excluding carboxylic acids is 1. The minimum Gasteiger partial charge on any atom is -0.481 e. The Morgan fingerprint density at radius 3 is 2.42 bits per heavy atom. The van der Waals surface area contributed by atoms with Gasteiger partial charge in [0, 0.05) is 32.6 Å². The molecule has 0 spiro atoms. The Morgan fingerprint density at radius 1 is 1.26 bits per heavy atom. The van der Waals surface area contributed by atoms with Crippen molar-refractivity contribution in [2.24, 2.45) is 5.92 Å². The first-order valence-corrected chi connectivity index (χ1v) is 7.34. The summed E-state index contributed by atoms with van der Waals surface area (Å²) in [7, 11) is 0. The van der Waals surface area contributed by atoms with E-state index >= 15 is 0 Å². The van der Waals surface area contributed by atoms with Gasteiger partial charge in [-0.05, 0) is 31.6 Å². The van der Waals surface area contributed by atoms with Crippen LogP contribution in [0.4, 0.5) is 4.79 Å². The molecule has 1 aliphatic heterocycles. The van der Waals surface area contributed by atoms with Crippen molar-refractivity contribution in [2.75, 3.05) is 26.2 Å². The van der Waals surface area contributed by atoms with Gasteiger partial charge in [0.15, 0.2) is 0 Å². The largest absolute Gasteiger partial charge is 0.481 e. The van der Waals surface area contributed by atoms with Crippen LogP contribution in [0.2, 0.25) is 0 Å². The predicted octanol–water partition coefficient (Wildman–Crippen LogP) is 2.42. The molecule has 0 aliphatic carbocycles. The number of aliphatic carboxylic acids is 1. The number of carbonyl (C=O) groups is 2. The molecule has 0 aromatic rings. The summed E-state index contributed by atoms with van der Waals surface area (Å²) in [4.78, 5) is 26.9. The monoisotopic (exact) mass is 270 g/mol. The molecule has 5 heteroatoms. The summed E-state index contributed by atoms with van der Waals surface area (Å²) >= 11 is 0. The molecule has 19 heavy (non-hydrogen) atoms. The lowest BCUT2D eigenvalue weighted by molar-refractivity contribution is -0.138. The Labute approximate surface area is 115 Å². The summed E-state index contributed by atoms with van der Waals surface area (Å²) in [6.07, 6.45) is 3.91. The molecule has 0 aromatic heterocycles. The predicted molar refractivity (Wildman–Crippen MR) is 74.1 cm³/mol. The molecule has 0 radical (unpaired) electrons. The fourth-order valence-electron chi connectivity index (χ4n) is 2.70. The van der Waals surface area contributed by atoms with Crippen molar-refractivity contribution in [3.8, 4) is 0 Å². The summed E-state index contributed by atoms with van der Waals surface area (Å²) in [5, 5.41) is 8.85. The molecule has 1 fully saturated rings. The molecule has 110 valence electrons. The third-order valence-electron chi connectivity index (χ3n) is 3.51. The van der Waals surface area contributed by atoms with Crippen molar-refractivity contribution in [2.45, 2.75) is 46.0 Å². The molecule has 1 atom stereocenters. The van der Waals surface area contributed by atoms with E-state index in [0.717, 1.165) is 45.3 Å². The van der Waals surface area contributed by atoms with Gasteiger partial charge in [0.1, 0.15) is 0 Å². The highest BCUT2D eigenvalue weighted by molar-refractivity contribution is 5.74. The summed E-state index contributed by atoms with van der Waals surface area (Å²) in [5.41, 5.74) is 0. The number of hydrogen-bond acceptors (Lipinski definition) is 2. The van der Waals surface area contributed by atoms with Crippen molar-refractivity contribution in [1.82, 2.24) is 9.80 Å². The first kappa shape index (κ1) is 15.8. The highest BCUT2D eigenvalue weighted by atomic mass is 16.4. The van der Waals surface area contributed by atoms with Gasteiger partial charge in [0.05, 0.1) is 0 Å². The van der Waals surface area contributed by atoms with Crippen LogP contribution in [0.25, 0.3) is 0 Å². The number of carboxylic acids is 1. The molecule has 1 unspecified atom stereocenters. The van der Waals surface area contributed by atoms with E-state index < -0.39 is 5.97 Å². The zero-order valence-corrected chi connectivity index (χ0v) is 12.1. The fraction of sp³-hybridized carbons (Fsp3) is 0.857. The van der Waals surface area contributed by atoms with Gasteiger partial charge in [0.25, 0.3) is 0 Å². The zero-order valence-electron chi connectivity index (χ0n) is 12.1. The van der Waals surface area contributed by atoms with Gasteiger partial charge >= 0.3 is 12.0 Å². The topological polar surface area (TPSA) is 60.9 Å². The highest BCUT2D eigenvalue weighted by Gasteiger charge is 2.27. The van der Waals surface area contributed by atoms with Crippen LogP contribution in [0.5, 0.6) is 0 Å². The number of rotatable bonds is 6. The van der Waals surface area contributed by atoms with E-state index in [-0.39, 0.29) is 18.4 Å². The summed E-state index contributed by atoms with van der Waals surface area (Å²) in [6.45, 7) is 7.06. The van der Waals surface area contributed by atoms with Crippen molar-refractivity contribution in [3.05, 3.63) is 0 Å². The maximum Gasteiger partial charge on any atom is 0.320 e. The Morgan fingerprint density at radius 2 is 1.89 bits per heavy atom. The molecule has 1 rings (SSSR count). The highest BCUT2D eigenvalue weighted by Crippen LogP contribution is 2.20. The standard InChI is InChI=1S/C14H26N2O3/c1-3-7-15(8-4-2)14(19)16-9-5-6-12(11-16)10-13(17)18/h12H,3-11H2,1-2H3,(H,17,18). The molecule has 1 N–H and O–H groups in total. The van der Waals surface area contributed by atoms with E-state index in [9.17, 15) is 9.59 Å². The maximum atomic E-state index is 12.4. The number of likely N-dealkylation sites (tertiary alicyclic amines) is 1. The van der Waals surface area contributed by atoms with Crippen LogP contribution in [0, 0.1) is 5.92 Å². The van der Waals surface area contributed by atoms with Gasteiger partial charge in [-0.3, -0.25) is 4.79 Å². The van der Waals surface area contributed by atoms with E-state index in [0.29, 0.717) is 6.54 Å². The van der Waals surface area contributed by atoms with E-state index in [1.807, 2.05) is 9.80 Å². The van der Waals surface area contributed by atoms with Gasteiger partial charge in [-0.2, -0.15) is 0 Å². The lowest BCUT2D eigenvalue weighted by atomic mass is 9.95. The lowest BCUT2D eigenvalue weighted by Crippen LogP contribution is -2.48. The van der Waals surface area contributed by atoms with Gasteiger partial charge in [-0.1, -0.05) is 13.8 Å². The van der Waals surface area contributed by atoms with Crippen LogP contribution in [0.3, 0.4) is 0 Å². The number of hydrogen-bond donors (Lipinski definition) is 1. The van der Waals surface area contributed by atoms with Gasteiger partial charge in [-0.15, -0.1) is 0 Å².